The minimum Gasteiger partial charge on any atom is -0.506 e. The number of amides is 3. The van der Waals surface area contributed by atoms with Crippen molar-refractivity contribution in [1.82, 2.24) is 5.32 Å². The van der Waals surface area contributed by atoms with Crippen LogP contribution in [0.5, 0.6) is 23.0 Å². The van der Waals surface area contributed by atoms with E-state index in [1.807, 2.05) is 62.4 Å². The molecule has 0 atom stereocenters. The van der Waals surface area contributed by atoms with Gasteiger partial charge < -0.3 is 30.5 Å². The van der Waals surface area contributed by atoms with E-state index < -0.39 is 5.91 Å². The van der Waals surface area contributed by atoms with Crippen LogP contribution in [0.15, 0.2) is 97.1 Å². The van der Waals surface area contributed by atoms with Gasteiger partial charge in [0, 0.05) is 42.0 Å². The fourth-order valence-electron chi connectivity index (χ4n) is 5.37. The molecule has 9 heteroatoms. The molecular formula is C39H39N3O6. The second-order valence-corrected chi connectivity index (χ2v) is 11.6. The largest absolute Gasteiger partial charge is 0.506 e. The standard InChI is InChI=1S/C39H39N3O6/c1-25-14-19-35(26(2)23-25)47-22-8-13-37(44)42-29-15-17-30(18-16-29)48-36-24-33(38(45)32-11-6-5-10-31(32)36)39(46)40-21-20-28-9-4-7-12-34(28)41-27(3)43/h4-7,9-12,14-19,23-24,45H,8,13,20-22H2,1-3H3,(H,40,46)(H,41,43)(H,42,44). The molecule has 0 unspecified atom stereocenters. The van der Waals surface area contributed by atoms with E-state index in [4.69, 9.17) is 9.47 Å². The van der Waals surface area contributed by atoms with Crippen molar-refractivity contribution in [2.75, 3.05) is 23.8 Å². The van der Waals surface area contributed by atoms with Crippen molar-refractivity contribution >= 4 is 39.9 Å². The van der Waals surface area contributed by atoms with E-state index >= 15 is 0 Å². The number of carbonyl (C=O) groups is 3. The number of fused-ring (bicyclic) bond motifs is 1. The van der Waals surface area contributed by atoms with Crippen LogP contribution in [0, 0.1) is 13.8 Å². The summed E-state index contributed by atoms with van der Waals surface area (Å²) in [6, 6.07) is 29.0. The molecule has 0 fully saturated rings. The van der Waals surface area contributed by atoms with Crippen molar-refractivity contribution < 1.29 is 29.0 Å². The number of carbonyl (C=O) groups excluding carboxylic acids is 3. The zero-order chi connectivity index (χ0) is 34.0. The summed E-state index contributed by atoms with van der Waals surface area (Å²) in [5, 5.41) is 20.7. The summed E-state index contributed by atoms with van der Waals surface area (Å²) in [5.74, 6) is 0.810. The van der Waals surface area contributed by atoms with E-state index in [0.29, 0.717) is 59.5 Å². The lowest BCUT2D eigenvalue weighted by molar-refractivity contribution is -0.116. The van der Waals surface area contributed by atoms with Gasteiger partial charge in [0.1, 0.15) is 23.0 Å². The lowest BCUT2D eigenvalue weighted by Crippen LogP contribution is -2.26. The molecule has 0 aliphatic carbocycles. The summed E-state index contributed by atoms with van der Waals surface area (Å²) in [6.45, 7) is 6.21. The number of para-hydroxylation sites is 1. The quantitative estimate of drug-likeness (QED) is 0.0974. The number of phenols is 1. The SMILES string of the molecule is CC(=O)Nc1ccccc1CCNC(=O)c1cc(Oc2ccc(NC(=O)CCCOc3ccc(C)cc3C)cc2)c2ccccc2c1O. The lowest BCUT2D eigenvalue weighted by Gasteiger charge is -2.15. The highest BCUT2D eigenvalue weighted by molar-refractivity contribution is 6.06. The maximum Gasteiger partial charge on any atom is 0.255 e. The van der Waals surface area contributed by atoms with E-state index in [9.17, 15) is 19.5 Å². The zero-order valence-electron chi connectivity index (χ0n) is 27.3. The summed E-state index contributed by atoms with van der Waals surface area (Å²) in [6.07, 6.45) is 1.37. The molecule has 246 valence electrons. The number of aryl methyl sites for hydroxylation is 2. The third-order valence-electron chi connectivity index (χ3n) is 7.73. The normalized spacial score (nSPS) is 10.7. The third-order valence-corrected chi connectivity index (χ3v) is 7.73. The van der Waals surface area contributed by atoms with Crippen LogP contribution in [0.25, 0.3) is 10.8 Å². The molecule has 5 aromatic rings. The number of rotatable bonds is 13. The van der Waals surface area contributed by atoms with Gasteiger partial charge in [-0.3, -0.25) is 14.4 Å². The van der Waals surface area contributed by atoms with Crippen molar-refractivity contribution in [3.8, 4) is 23.0 Å². The Morgan fingerprint density at radius 2 is 1.52 bits per heavy atom. The molecule has 0 aliphatic heterocycles. The van der Waals surface area contributed by atoms with Gasteiger partial charge in [0.15, 0.2) is 0 Å². The number of ether oxygens (including phenoxy) is 2. The minimum absolute atomic E-state index is 0.0734. The average Bonchev–Trinajstić information content (AvgIpc) is 3.06. The Bertz CT molecular complexity index is 1940. The van der Waals surface area contributed by atoms with Gasteiger partial charge in [-0.05, 0) is 80.3 Å². The molecule has 5 aromatic carbocycles. The first-order valence-electron chi connectivity index (χ1n) is 15.8. The number of nitrogens with one attached hydrogen (secondary N) is 3. The Kier molecular flexibility index (Phi) is 10.9. The average molecular weight is 646 g/mol. The molecule has 0 saturated carbocycles. The van der Waals surface area contributed by atoms with Gasteiger partial charge >= 0.3 is 0 Å². The molecule has 0 bridgehead atoms. The molecule has 0 saturated heterocycles. The molecule has 48 heavy (non-hydrogen) atoms. The Labute approximate surface area is 279 Å². The number of benzene rings is 5. The second kappa shape index (κ2) is 15.6. The maximum absolute atomic E-state index is 13.3. The summed E-state index contributed by atoms with van der Waals surface area (Å²) >= 11 is 0. The van der Waals surface area contributed by atoms with Crippen molar-refractivity contribution in [2.24, 2.45) is 0 Å². The third kappa shape index (κ3) is 8.70. The number of aromatic hydroxyl groups is 1. The molecule has 0 aromatic heterocycles. The molecule has 0 heterocycles. The molecule has 9 nitrogen and oxygen atoms in total. The van der Waals surface area contributed by atoms with Gasteiger partial charge in [0.05, 0.1) is 12.2 Å². The number of anilines is 2. The van der Waals surface area contributed by atoms with Crippen LogP contribution in [-0.4, -0.2) is 36.0 Å². The van der Waals surface area contributed by atoms with Crippen LogP contribution in [0.4, 0.5) is 11.4 Å². The molecule has 5 rings (SSSR count). The molecular weight excluding hydrogens is 606 g/mol. The topological polar surface area (TPSA) is 126 Å². The van der Waals surface area contributed by atoms with Crippen molar-refractivity contribution in [2.45, 2.75) is 40.0 Å². The summed E-state index contributed by atoms with van der Waals surface area (Å²) < 4.78 is 12.0. The first kappa shape index (κ1) is 33.5. The summed E-state index contributed by atoms with van der Waals surface area (Å²) in [7, 11) is 0. The van der Waals surface area contributed by atoms with Gasteiger partial charge in [-0.25, -0.2) is 0 Å². The van der Waals surface area contributed by atoms with E-state index in [-0.39, 0.29) is 29.7 Å². The molecule has 4 N–H and O–H groups in total. The van der Waals surface area contributed by atoms with Crippen molar-refractivity contribution in [3.05, 3.63) is 119 Å². The van der Waals surface area contributed by atoms with E-state index in [0.717, 1.165) is 16.9 Å². The molecule has 3 amide bonds. The predicted octanol–water partition coefficient (Wildman–Crippen LogP) is 7.68. The molecule has 0 spiro atoms. The molecule has 0 radical (unpaired) electrons. The Morgan fingerprint density at radius 1 is 0.792 bits per heavy atom. The van der Waals surface area contributed by atoms with E-state index in [2.05, 4.69) is 22.0 Å². The zero-order valence-corrected chi connectivity index (χ0v) is 27.3. The minimum atomic E-state index is -0.461. The fourth-order valence-corrected chi connectivity index (χ4v) is 5.37. The number of hydrogen-bond acceptors (Lipinski definition) is 6. The van der Waals surface area contributed by atoms with Crippen molar-refractivity contribution in [1.29, 1.82) is 0 Å². The van der Waals surface area contributed by atoms with Crippen molar-refractivity contribution in [3.63, 3.8) is 0 Å². The highest BCUT2D eigenvalue weighted by Crippen LogP contribution is 2.38. The number of hydrogen-bond donors (Lipinski definition) is 4. The van der Waals surface area contributed by atoms with Gasteiger partial charge in [0.25, 0.3) is 5.91 Å². The van der Waals surface area contributed by atoms with E-state index in [1.165, 1.54) is 18.6 Å². The number of phenolic OH excluding ortho intramolecular Hbond substituents is 1. The Hall–Kier alpha value is -5.83. The monoisotopic (exact) mass is 645 g/mol. The highest BCUT2D eigenvalue weighted by Gasteiger charge is 2.18. The van der Waals surface area contributed by atoms with Crippen LogP contribution in [-0.2, 0) is 16.0 Å². The first-order chi connectivity index (χ1) is 23.2. The Balaban J connectivity index is 1.20. The van der Waals surface area contributed by atoms with Crippen LogP contribution in [0.1, 0.15) is 46.8 Å². The fraction of sp³-hybridized carbons (Fsp3) is 0.205. The van der Waals surface area contributed by atoms with Gasteiger partial charge in [-0.1, -0.05) is 60.2 Å². The summed E-state index contributed by atoms with van der Waals surface area (Å²) in [5.41, 5.74) is 4.51. The summed E-state index contributed by atoms with van der Waals surface area (Å²) in [4.78, 5) is 37.3. The maximum atomic E-state index is 13.3. The Morgan fingerprint density at radius 3 is 2.27 bits per heavy atom. The van der Waals surface area contributed by atoms with Crippen LogP contribution in [0.2, 0.25) is 0 Å². The predicted molar refractivity (Wildman–Crippen MR) is 188 cm³/mol. The first-order valence-corrected chi connectivity index (χ1v) is 15.8. The van der Waals surface area contributed by atoms with Crippen LogP contribution in [0.3, 0.4) is 0 Å². The second-order valence-electron chi connectivity index (χ2n) is 11.6. The lowest BCUT2D eigenvalue weighted by atomic mass is 10.0. The van der Waals surface area contributed by atoms with E-state index in [1.54, 1.807) is 36.4 Å². The van der Waals surface area contributed by atoms with Crippen LogP contribution < -0.4 is 25.4 Å². The highest BCUT2D eigenvalue weighted by atomic mass is 16.5. The van der Waals surface area contributed by atoms with Gasteiger partial charge in [-0.2, -0.15) is 0 Å². The molecule has 0 aliphatic rings. The smallest absolute Gasteiger partial charge is 0.255 e. The van der Waals surface area contributed by atoms with Gasteiger partial charge in [0.2, 0.25) is 11.8 Å². The van der Waals surface area contributed by atoms with Crippen LogP contribution >= 0.6 is 0 Å². The van der Waals surface area contributed by atoms with Gasteiger partial charge in [-0.15, -0.1) is 0 Å².